The lowest BCUT2D eigenvalue weighted by Gasteiger charge is -2.36. The smallest absolute Gasteiger partial charge is 0.320 e. The Hall–Kier alpha value is -0.650. The molecule has 0 aliphatic carbocycles. The average Bonchev–Trinajstić information content (AvgIpc) is 2.27. The molecule has 1 heterocycles. The lowest BCUT2D eigenvalue weighted by Crippen LogP contribution is -2.50. The van der Waals surface area contributed by atoms with Crippen molar-refractivity contribution in [2.45, 2.75) is 32.9 Å². The maximum atomic E-state index is 10.9. The number of carbonyl (C=O) groups is 1. The van der Waals surface area contributed by atoms with Crippen molar-refractivity contribution in [3.8, 4) is 0 Å². The third kappa shape index (κ3) is 4.92. The molecule has 0 radical (unpaired) electrons. The maximum absolute atomic E-state index is 10.9. The van der Waals surface area contributed by atoms with E-state index in [2.05, 4.69) is 18.7 Å². The molecule has 1 saturated heterocycles. The third-order valence-corrected chi connectivity index (χ3v) is 3.36. The van der Waals surface area contributed by atoms with Crippen molar-refractivity contribution in [1.82, 2.24) is 9.80 Å². The van der Waals surface area contributed by atoms with Crippen molar-refractivity contribution in [2.75, 3.05) is 39.8 Å². The van der Waals surface area contributed by atoms with Crippen LogP contribution in [0.25, 0.3) is 0 Å². The van der Waals surface area contributed by atoms with Gasteiger partial charge in [0, 0.05) is 26.2 Å². The molecule has 106 valence electrons. The van der Waals surface area contributed by atoms with Crippen molar-refractivity contribution >= 4 is 5.97 Å². The number of ether oxygens (including phenoxy) is 1. The first-order valence-electron chi connectivity index (χ1n) is 6.67. The molecule has 2 atom stereocenters. The highest BCUT2D eigenvalue weighted by atomic mass is 16.5. The maximum Gasteiger partial charge on any atom is 0.320 e. The number of hydrogen-bond donors (Lipinski definition) is 1. The fraction of sp³-hybridized carbons (Fsp3) is 0.923. The highest BCUT2D eigenvalue weighted by molar-refractivity contribution is 5.72. The molecule has 0 aromatic heterocycles. The summed E-state index contributed by atoms with van der Waals surface area (Å²) in [5.74, 6) is -0.133. The highest BCUT2D eigenvalue weighted by Crippen LogP contribution is 2.10. The summed E-state index contributed by atoms with van der Waals surface area (Å²) in [7, 11) is 1.84. The van der Waals surface area contributed by atoms with E-state index in [9.17, 15) is 4.79 Å². The second-order valence-electron chi connectivity index (χ2n) is 5.60. The summed E-state index contributed by atoms with van der Waals surface area (Å²) in [6.07, 6.45) is 0.115. The van der Waals surface area contributed by atoms with Crippen LogP contribution in [0.4, 0.5) is 0 Å². The van der Waals surface area contributed by atoms with E-state index in [-0.39, 0.29) is 6.10 Å². The Morgan fingerprint density at radius 3 is 2.72 bits per heavy atom. The average molecular weight is 258 g/mol. The topological polar surface area (TPSA) is 53.0 Å². The van der Waals surface area contributed by atoms with Gasteiger partial charge in [-0.15, -0.1) is 0 Å². The zero-order valence-electron chi connectivity index (χ0n) is 11.9. The molecule has 0 bridgehead atoms. The normalized spacial score (nSPS) is 23.6. The van der Waals surface area contributed by atoms with E-state index in [0.29, 0.717) is 12.5 Å². The van der Waals surface area contributed by atoms with Gasteiger partial charge < -0.3 is 9.84 Å². The van der Waals surface area contributed by atoms with Crippen LogP contribution < -0.4 is 0 Å². The fourth-order valence-electron chi connectivity index (χ4n) is 2.24. The van der Waals surface area contributed by atoms with Gasteiger partial charge in [0.15, 0.2) is 0 Å². The Morgan fingerprint density at radius 2 is 2.17 bits per heavy atom. The van der Waals surface area contributed by atoms with Crippen molar-refractivity contribution in [3.63, 3.8) is 0 Å². The van der Waals surface area contributed by atoms with E-state index in [1.165, 1.54) is 0 Å². The molecule has 1 N–H and O–H groups in total. The first-order chi connectivity index (χ1) is 8.40. The summed E-state index contributed by atoms with van der Waals surface area (Å²) in [6, 6.07) is -0.464. The molecular weight excluding hydrogens is 232 g/mol. The predicted molar refractivity (Wildman–Crippen MR) is 70.7 cm³/mol. The van der Waals surface area contributed by atoms with Gasteiger partial charge in [0.1, 0.15) is 6.04 Å². The van der Waals surface area contributed by atoms with Crippen molar-refractivity contribution < 1.29 is 14.6 Å². The number of hydrogen-bond acceptors (Lipinski definition) is 4. The minimum atomic E-state index is -0.785. The number of nitrogens with zero attached hydrogens (tertiary/aromatic N) is 2. The van der Waals surface area contributed by atoms with E-state index in [0.717, 1.165) is 26.2 Å². The van der Waals surface area contributed by atoms with Crippen molar-refractivity contribution in [3.05, 3.63) is 0 Å². The molecule has 5 nitrogen and oxygen atoms in total. The molecule has 2 unspecified atom stereocenters. The van der Waals surface area contributed by atoms with Gasteiger partial charge in [-0.25, -0.2) is 0 Å². The number of aliphatic carboxylic acids is 1. The van der Waals surface area contributed by atoms with Gasteiger partial charge >= 0.3 is 5.97 Å². The Balaban J connectivity index is 2.40. The molecule has 1 aliphatic heterocycles. The third-order valence-electron chi connectivity index (χ3n) is 3.36. The van der Waals surface area contributed by atoms with Crippen LogP contribution in [-0.2, 0) is 9.53 Å². The van der Waals surface area contributed by atoms with E-state index in [1.807, 2.05) is 11.9 Å². The minimum absolute atomic E-state index is 0.115. The minimum Gasteiger partial charge on any atom is -0.480 e. The Kier molecular flexibility index (Phi) is 6.05. The molecule has 18 heavy (non-hydrogen) atoms. The predicted octanol–water partition coefficient (Wildman–Crippen LogP) is 0.748. The van der Waals surface area contributed by atoms with Gasteiger partial charge in [-0.1, -0.05) is 13.8 Å². The largest absolute Gasteiger partial charge is 0.480 e. The Labute approximate surface area is 110 Å². The van der Waals surface area contributed by atoms with Crippen LogP contribution in [0.1, 0.15) is 20.8 Å². The van der Waals surface area contributed by atoms with Crippen molar-refractivity contribution in [2.24, 2.45) is 5.92 Å². The zero-order valence-corrected chi connectivity index (χ0v) is 11.9. The quantitative estimate of drug-likeness (QED) is 0.762. The molecule has 0 saturated carbocycles. The summed E-state index contributed by atoms with van der Waals surface area (Å²) in [5, 5.41) is 8.96. The fourth-order valence-corrected chi connectivity index (χ4v) is 2.24. The molecule has 0 spiro atoms. The van der Waals surface area contributed by atoms with Crippen LogP contribution in [0.2, 0.25) is 0 Å². The summed E-state index contributed by atoms with van der Waals surface area (Å²) in [4.78, 5) is 15.1. The van der Waals surface area contributed by atoms with E-state index in [1.54, 1.807) is 6.92 Å². The van der Waals surface area contributed by atoms with Gasteiger partial charge in [-0.2, -0.15) is 0 Å². The molecular formula is C13H26N2O3. The second kappa shape index (κ2) is 7.07. The molecule has 1 aliphatic rings. The van der Waals surface area contributed by atoms with Crippen LogP contribution in [0.15, 0.2) is 0 Å². The number of morpholine rings is 1. The molecule has 0 amide bonds. The van der Waals surface area contributed by atoms with Crippen LogP contribution in [0.3, 0.4) is 0 Å². The van der Waals surface area contributed by atoms with Gasteiger partial charge in [0.05, 0.1) is 12.7 Å². The first kappa shape index (κ1) is 15.4. The molecule has 0 aromatic carbocycles. The number of carboxylic acids is 1. The van der Waals surface area contributed by atoms with Gasteiger partial charge in [0.25, 0.3) is 0 Å². The van der Waals surface area contributed by atoms with Gasteiger partial charge in [-0.3, -0.25) is 14.6 Å². The second-order valence-corrected chi connectivity index (χ2v) is 5.60. The van der Waals surface area contributed by atoms with E-state index >= 15 is 0 Å². The summed E-state index contributed by atoms with van der Waals surface area (Å²) < 4.78 is 5.71. The molecule has 1 rings (SSSR count). The SMILES string of the molecule is CC(C)CN1CCOC(CN(C)C(C)C(=O)O)C1. The molecule has 0 aromatic rings. The first-order valence-corrected chi connectivity index (χ1v) is 6.67. The van der Waals surface area contributed by atoms with Gasteiger partial charge in [-0.05, 0) is 19.9 Å². The Bertz CT molecular complexity index is 271. The highest BCUT2D eigenvalue weighted by Gasteiger charge is 2.25. The van der Waals surface area contributed by atoms with Crippen LogP contribution in [-0.4, -0.2) is 72.9 Å². The van der Waals surface area contributed by atoms with Crippen LogP contribution >= 0.6 is 0 Å². The number of likely N-dealkylation sites (N-methyl/N-ethyl adjacent to an activating group) is 1. The zero-order chi connectivity index (χ0) is 13.7. The summed E-state index contributed by atoms with van der Waals surface area (Å²) in [6.45, 7) is 10.5. The van der Waals surface area contributed by atoms with Crippen LogP contribution in [0, 0.1) is 5.92 Å². The van der Waals surface area contributed by atoms with E-state index < -0.39 is 12.0 Å². The number of carboxylic acid groups (broad SMARTS) is 1. The number of rotatable bonds is 6. The monoisotopic (exact) mass is 258 g/mol. The van der Waals surface area contributed by atoms with Crippen LogP contribution in [0.5, 0.6) is 0 Å². The molecule has 5 heteroatoms. The lowest BCUT2D eigenvalue weighted by molar-refractivity contribution is -0.143. The lowest BCUT2D eigenvalue weighted by atomic mass is 10.1. The summed E-state index contributed by atoms with van der Waals surface area (Å²) in [5.41, 5.74) is 0. The van der Waals surface area contributed by atoms with E-state index in [4.69, 9.17) is 9.84 Å². The summed E-state index contributed by atoms with van der Waals surface area (Å²) >= 11 is 0. The van der Waals surface area contributed by atoms with Crippen molar-refractivity contribution in [1.29, 1.82) is 0 Å². The standard InChI is InChI=1S/C13H26N2O3/c1-10(2)7-15-5-6-18-12(9-15)8-14(4)11(3)13(16)17/h10-12H,5-9H2,1-4H3,(H,16,17). The Morgan fingerprint density at radius 1 is 1.50 bits per heavy atom. The molecule has 1 fully saturated rings. The van der Waals surface area contributed by atoms with Gasteiger partial charge in [0.2, 0.25) is 0 Å².